The zero-order chi connectivity index (χ0) is 9.86. The van der Waals surface area contributed by atoms with Crippen molar-refractivity contribution in [3.63, 3.8) is 0 Å². The molecule has 0 spiro atoms. The Balaban J connectivity index is 1.69. The summed E-state index contributed by atoms with van der Waals surface area (Å²) >= 11 is 5.99. The Morgan fingerprint density at radius 2 is 2.00 bits per heavy atom. The summed E-state index contributed by atoms with van der Waals surface area (Å²) in [5, 5.41) is 3.66. The standard InChI is InChI=1S/C11H20ClNO/c12-9-11(4-1-5-11)13-8-10-2-6-14-7-3-10/h10,13H,1-9H2. The van der Waals surface area contributed by atoms with Crippen LogP contribution in [-0.4, -0.2) is 31.2 Å². The smallest absolute Gasteiger partial charge is 0.0469 e. The van der Waals surface area contributed by atoms with Crippen LogP contribution in [0.25, 0.3) is 0 Å². The molecule has 1 N–H and O–H groups in total. The molecule has 2 fully saturated rings. The van der Waals surface area contributed by atoms with Crippen molar-refractivity contribution in [2.24, 2.45) is 5.92 Å². The Morgan fingerprint density at radius 3 is 2.50 bits per heavy atom. The van der Waals surface area contributed by atoms with Crippen molar-refractivity contribution in [1.82, 2.24) is 5.32 Å². The van der Waals surface area contributed by atoms with Crippen molar-refractivity contribution in [3.05, 3.63) is 0 Å². The molecule has 82 valence electrons. The fourth-order valence-electron chi connectivity index (χ4n) is 2.27. The molecular formula is C11H20ClNO. The number of halogens is 1. The van der Waals surface area contributed by atoms with E-state index in [0.29, 0.717) is 5.54 Å². The van der Waals surface area contributed by atoms with Crippen molar-refractivity contribution in [2.45, 2.75) is 37.6 Å². The number of rotatable bonds is 4. The number of nitrogens with one attached hydrogen (secondary N) is 1. The first-order valence-electron chi connectivity index (χ1n) is 5.73. The first kappa shape index (κ1) is 10.7. The molecule has 2 rings (SSSR count). The highest BCUT2D eigenvalue weighted by Crippen LogP contribution is 2.33. The molecule has 1 saturated heterocycles. The van der Waals surface area contributed by atoms with Gasteiger partial charge in [-0.1, -0.05) is 0 Å². The molecule has 1 heterocycles. The maximum Gasteiger partial charge on any atom is 0.0469 e. The van der Waals surface area contributed by atoms with Crippen LogP contribution in [0, 0.1) is 5.92 Å². The summed E-state index contributed by atoms with van der Waals surface area (Å²) in [4.78, 5) is 0. The largest absolute Gasteiger partial charge is 0.381 e. The first-order chi connectivity index (χ1) is 6.85. The Hall–Kier alpha value is 0.210. The monoisotopic (exact) mass is 217 g/mol. The molecule has 0 radical (unpaired) electrons. The molecule has 14 heavy (non-hydrogen) atoms. The van der Waals surface area contributed by atoms with Crippen molar-refractivity contribution < 1.29 is 4.74 Å². The van der Waals surface area contributed by atoms with Gasteiger partial charge in [-0.2, -0.15) is 0 Å². The zero-order valence-electron chi connectivity index (χ0n) is 8.73. The fraction of sp³-hybridized carbons (Fsp3) is 1.00. The van der Waals surface area contributed by atoms with Gasteiger partial charge in [-0.3, -0.25) is 0 Å². The summed E-state index contributed by atoms with van der Waals surface area (Å²) in [5.74, 6) is 1.58. The highest BCUT2D eigenvalue weighted by Gasteiger charge is 2.35. The van der Waals surface area contributed by atoms with E-state index in [1.807, 2.05) is 0 Å². The van der Waals surface area contributed by atoms with Crippen LogP contribution in [0.5, 0.6) is 0 Å². The van der Waals surface area contributed by atoms with Crippen LogP contribution in [0.15, 0.2) is 0 Å². The molecule has 0 aromatic heterocycles. The zero-order valence-corrected chi connectivity index (χ0v) is 9.48. The summed E-state index contributed by atoms with van der Waals surface area (Å²) in [5.41, 5.74) is 0.292. The third-order valence-corrected chi connectivity index (χ3v) is 4.18. The minimum atomic E-state index is 0.292. The topological polar surface area (TPSA) is 21.3 Å². The van der Waals surface area contributed by atoms with E-state index < -0.39 is 0 Å². The fourth-order valence-corrected chi connectivity index (χ4v) is 2.63. The van der Waals surface area contributed by atoms with E-state index in [2.05, 4.69) is 5.32 Å². The van der Waals surface area contributed by atoms with Gasteiger partial charge in [0.1, 0.15) is 0 Å². The maximum absolute atomic E-state index is 5.99. The molecule has 2 nitrogen and oxygen atoms in total. The van der Waals surface area contributed by atoms with Crippen LogP contribution < -0.4 is 5.32 Å². The Labute approximate surface area is 91.3 Å². The van der Waals surface area contributed by atoms with E-state index >= 15 is 0 Å². The van der Waals surface area contributed by atoms with Gasteiger partial charge in [-0.25, -0.2) is 0 Å². The molecule has 3 heteroatoms. The summed E-state index contributed by atoms with van der Waals surface area (Å²) in [6.07, 6.45) is 6.30. The maximum atomic E-state index is 5.99. The van der Waals surface area contributed by atoms with E-state index in [1.54, 1.807) is 0 Å². The molecule has 1 aliphatic heterocycles. The average molecular weight is 218 g/mol. The quantitative estimate of drug-likeness (QED) is 0.729. The number of hydrogen-bond acceptors (Lipinski definition) is 2. The van der Waals surface area contributed by atoms with Crippen LogP contribution in [0.4, 0.5) is 0 Å². The SMILES string of the molecule is ClCC1(NCC2CCOCC2)CCC1. The number of hydrogen-bond donors (Lipinski definition) is 1. The lowest BCUT2D eigenvalue weighted by Gasteiger charge is -2.42. The van der Waals surface area contributed by atoms with Gasteiger partial charge in [0.05, 0.1) is 0 Å². The Morgan fingerprint density at radius 1 is 1.29 bits per heavy atom. The highest BCUT2D eigenvalue weighted by molar-refractivity contribution is 6.18. The molecule has 0 unspecified atom stereocenters. The normalized spacial score (nSPS) is 27.2. The van der Waals surface area contributed by atoms with E-state index in [4.69, 9.17) is 16.3 Å². The predicted octanol–water partition coefficient (Wildman–Crippen LogP) is 2.16. The molecule has 0 atom stereocenters. The van der Waals surface area contributed by atoms with Crippen molar-refractivity contribution in [1.29, 1.82) is 0 Å². The van der Waals surface area contributed by atoms with Crippen molar-refractivity contribution in [2.75, 3.05) is 25.6 Å². The number of ether oxygens (including phenoxy) is 1. The van der Waals surface area contributed by atoms with Gasteiger partial charge in [-0.05, 0) is 44.6 Å². The molecule has 0 aromatic rings. The lowest BCUT2D eigenvalue weighted by Crippen LogP contribution is -2.54. The van der Waals surface area contributed by atoms with Crippen LogP contribution >= 0.6 is 11.6 Å². The van der Waals surface area contributed by atoms with Gasteiger partial charge in [0, 0.05) is 24.6 Å². The summed E-state index contributed by atoms with van der Waals surface area (Å²) < 4.78 is 5.34. The predicted molar refractivity (Wildman–Crippen MR) is 58.8 cm³/mol. The van der Waals surface area contributed by atoms with Crippen LogP contribution in [0.2, 0.25) is 0 Å². The second-order valence-electron chi connectivity index (χ2n) is 4.70. The average Bonchev–Trinajstić information content (AvgIpc) is 2.19. The minimum Gasteiger partial charge on any atom is -0.381 e. The second-order valence-corrected chi connectivity index (χ2v) is 4.97. The van der Waals surface area contributed by atoms with E-state index in [0.717, 1.165) is 31.6 Å². The van der Waals surface area contributed by atoms with E-state index in [-0.39, 0.29) is 0 Å². The molecular weight excluding hydrogens is 198 g/mol. The van der Waals surface area contributed by atoms with Gasteiger partial charge in [0.15, 0.2) is 0 Å². The second kappa shape index (κ2) is 4.82. The lowest BCUT2D eigenvalue weighted by atomic mass is 9.78. The first-order valence-corrected chi connectivity index (χ1v) is 6.27. The lowest BCUT2D eigenvalue weighted by molar-refractivity contribution is 0.0608. The van der Waals surface area contributed by atoms with Gasteiger partial charge >= 0.3 is 0 Å². The molecule has 0 amide bonds. The molecule has 1 aliphatic carbocycles. The number of alkyl halides is 1. The van der Waals surface area contributed by atoms with Gasteiger partial charge in [0.2, 0.25) is 0 Å². The third kappa shape index (κ3) is 2.41. The summed E-state index contributed by atoms with van der Waals surface area (Å²) in [6.45, 7) is 3.02. The summed E-state index contributed by atoms with van der Waals surface area (Å²) in [6, 6.07) is 0. The molecule has 0 aromatic carbocycles. The highest BCUT2D eigenvalue weighted by atomic mass is 35.5. The van der Waals surface area contributed by atoms with Crippen LogP contribution in [-0.2, 0) is 4.74 Å². The molecule has 2 aliphatic rings. The molecule has 0 bridgehead atoms. The minimum absolute atomic E-state index is 0.292. The van der Waals surface area contributed by atoms with Gasteiger partial charge in [0.25, 0.3) is 0 Å². The Kier molecular flexibility index (Phi) is 3.69. The van der Waals surface area contributed by atoms with E-state index in [1.165, 1.54) is 32.1 Å². The van der Waals surface area contributed by atoms with Crippen molar-refractivity contribution >= 4 is 11.6 Å². The van der Waals surface area contributed by atoms with Crippen LogP contribution in [0.3, 0.4) is 0 Å². The van der Waals surface area contributed by atoms with Gasteiger partial charge in [-0.15, -0.1) is 11.6 Å². The van der Waals surface area contributed by atoms with Crippen molar-refractivity contribution in [3.8, 4) is 0 Å². The Bertz CT molecular complexity index is 171. The van der Waals surface area contributed by atoms with E-state index in [9.17, 15) is 0 Å². The summed E-state index contributed by atoms with van der Waals surface area (Å²) in [7, 11) is 0. The molecule has 1 saturated carbocycles. The van der Waals surface area contributed by atoms with Gasteiger partial charge < -0.3 is 10.1 Å². The third-order valence-electron chi connectivity index (χ3n) is 3.67. The van der Waals surface area contributed by atoms with Crippen LogP contribution in [0.1, 0.15) is 32.1 Å².